The van der Waals surface area contributed by atoms with E-state index in [0.29, 0.717) is 0 Å². The van der Waals surface area contributed by atoms with Gasteiger partial charge in [-0.15, -0.1) is 23.1 Å². The van der Waals surface area contributed by atoms with Gasteiger partial charge in [-0.05, 0) is 30.9 Å². The lowest BCUT2D eigenvalue weighted by molar-refractivity contribution is 0.0693. The number of nitrogens with zero attached hydrogens (tertiary/aromatic N) is 2. The molecule has 1 aromatic heterocycles. The molecule has 0 unspecified atom stereocenters. The number of hydrogen-bond donors (Lipinski definition) is 0. The summed E-state index contributed by atoms with van der Waals surface area (Å²) < 4.78 is 0. The summed E-state index contributed by atoms with van der Waals surface area (Å²) in [6.45, 7) is 4.02. The summed E-state index contributed by atoms with van der Waals surface area (Å²) >= 11 is 3.30. The third-order valence-electron chi connectivity index (χ3n) is 4.05. The van der Waals surface area contributed by atoms with E-state index in [0.717, 1.165) is 53.8 Å². The second-order valence-corrected chi connectivity index (χ2v) is 7.48. The molecular weight excluding hydrogens is 312 g/mol. The van der Waals surface area contributed by atoms with Crippen molar-refractivity contribution in [3.63, 3.8) is 0 Å². The fraction of sp³-hybridized carbons (Fsp3) is 0.412. The van der Waals surface area contributed by atoms with E-state index in [1.807, 2.05) is 34.7 Å². The zero-order valence-corrected chi connectivity index (χ0v) is 14.3. The molecule has 0 N–H and O–H groups in total. The monoisotopic (exact) mass is 332 g/mol. The molecule has 2 heterocycles. The summed E-state index contributed by atoms with van der Waals surface area (Å²) in [7, 11) is 0. The molecule has 2 aromatic rings. The Labute approximate surface area is 139 Å². The SMILES string of the molecule is CC1CCN(C(=O)c2ccccc2SCc2cscn2)CC1. The first-order valence-corrected chi connectivity index (χ1v) is 9.55. The maximum Gasteiger partial charge on any atom is 0.254 e. The number of thioether (sulfide) groups is 1. The van der Waals surface area contributed by atoms with Crippen molar-refractivity contribution in [1.29, 1.82) is 0 Å². The number of rotatable bonds is 4. The summed E-state index contributed by atoms with van der Waals surface area (Å²) in [4.78, 5) is 20.2. The molecule has 0 saturated carbocycles. The van der Waals surface area contributed by atoms with E-state index in [4.69, 9.17) is 0 Å². The number of hydrogen-bond acceptors (Lipinski definition) is 4. The van der Waals surface area contributed by atoms with Crippen LogP contribution in [-0.2, 0) is 5.75 Å². The largest absolute Gasteiger partial charge is 0.339 e. The number of carbonyl (C=O) groups excluding carboxylic acids is 1. The Balaban J connectivity index is 1.71. The van der Waals surface area contributed by atoms with Crippen molar-refractivity contribution < 1.29 is 4.79 Å². The van der Waals surface area contributed by atoms with Crippen molar-refractivity contribution in [3.8, 4) is 0 Å². The first-order valence-electron chi connectivity index (χ1n) is 7.62. The van der Waals surface area contributed by atoms with Gasteiger partial charge in [0.25, 0.3) is 5.91 Å². The van der Waals surface area contributed by atoms with Gasteiger partial charge in [0.1, 0.15) is 0 Å². The molecular formula is C17H20N2OS2. The van der Waals surface area contributed by atoms with Crippen molar-refractivity contribution in [2.45, 2.75) is 30.4 Å². The van der Waals surface area contributed by atoms with Crippen LogP contribution < -0.4 is 0 Å². The molecule has 1 aliphatic heterocycles. The minimum Gasteiger partial charge on any atom is -0.339 e. The van der Waals surface area contributed by atoms with Crippen LogP contribution in [0.1, 0.15) is 35.8 Å². The molecule has 1 aliphatic rings. The Hall–Kier alpha value is -1.33. The molecule has 5 heteroatoms. The lowest BCUT2D eigenvalue weighted by Gasteiger charge is -2.30. The summed E-state index contributed by atoms with van der Waals surface area (Å²) in [5.74, 6) is 1.72. The van der Waals surface area contributed by atoms with Crippen LogP contribution in [0.4, 0.5) is 0 Å². The van der Waals surface area contributed by atoms with Gasteiger partial charge in [-0.2, -0.15) is 0 Å². The minimum atomic E-state index is 0.174. The van der Waals surface area contributed by atoms with Crippen molar-refractivity contribution in [3.05, 3.63) is 46.4 Å². The molecule has 0 radical (unpaired) electrons. The number of likely N-dealkylation sites (tertiary alicyclic amines) is 1. The highest BCUT2D eigenvalue weighted by Crippen LogP contribution is 2.28. The zero-order chi connectivity index (χ0) is 15.4. The Morgan fingerprint density at radius 2 is 2.14 bits per heavy atom. The number of aromatic nitrogens is 1. The van der Waals surface area contributed by atoms with Crippen molar-refractivity contribution in [2.75, 3.05) is 13.1 Å². The van der Waals surface area contributed by atoms with Gasteiger partial charge in [0, 0.05) is 29.1 Å². The van der Waals surface area contributed by atoms with Crippen LogP contribution in [0.25, 0.3) is 0 Å². The average Bonchev–Trinajstić information content (AvgIpc) is 3.07. The van der Waals surface area contributed by atoms with Crippen LogP contribution in [0.2, 0.25) is 0 Å². The predicted octanol–water partition coefficient (Wildman–Crippen LogP) is 4.31. The van der Waals surface area contributed by atoms with Crippen LogP contribution in [-0.4, -0.2) is 28.9 Å². The fourth-order valence-electron chi connectivity index (χ4n) is 2.61. The molecule has 1 amide bonds. The standard InChI is InChI=1S/C17H20N2OS2/c1-13-6-8-19(9-7-13)17(20)15-4-2-3-5-16(15)22-11-14-10-21-12-18-14/h2-5,10,12-13H,6-9,11H2,1H3. The smallest absolute Gasteiger partial charge is 0.254 e. The van der Waals surface area contributed by atoms with E-state index in [2.05, 4.69) is 17.3 Å². The third kappa shape index (κ3) is 3.70. The second kappa shape index (κ2) is 7.29. The van der Waals surface area contributed by atoms with E-state index in [1.54, 1.807) is 23.1 Å². The fourth-order valence-corrected chi connectivity index (χ4v) is 4.22. The number of carbonyl (C=O) groups is 1. The number of thiazole rings is 1. The summed E-state index contributed by atoms with van der Waals surface area (Å²) in [6.07, 6.45) is 2.22. The third-order valence-corrected chi connectivity index (χ3v) is 5.79. The highest BCUT2D eigenvalue weighted by atomic mass is 32.2. The van der Waals surface area contributed by atoms with Gasteiger partial charge < -0.3 is 4.90 Å². The Morgan fingerprint density at radius 1 is 1.36 bits per heavy atom. The van der Waals surface area contributed by atoms with Crippen LogP contribution in [0.15, 0.2) is 40.1 Å². The Kier molecular flexibility index (Phi) is 5.16. The lowest BCUT2D eigenvalue weighted by atomic mass is 9.98. The van der Waals surface area contributed by atoms with Crippen LogP contribution in [0, 0.1) is 5.92 Å². The van der Waals surface area contributed by atoms with Crippen LogP contribution in [0.3, 0.4) is 0 Å². The second-order valence-electron chi connectivity index (χ2n) is 5.74. The topological polar surface area (TPSA) is 33.2 Å². The molecule has 1 saturated heterocycles. The van der Waals surface area contributed by atoms with Crippen molar-refractivity contribution in [2.24, 2.45) is 5.92 Å². The molecule has 0 bridgehead atoms. The normalized spacial score (nSPS) is 16.0. The van der Waals surface area contributed by atoms with E-state index in [9.17, 15) is 4.79 Å². The van der Waals surface area contributed by atoms with E-state index < -0.39 is 0 Å². The van der Waals surface area contributed by atoms with E-state index >= 15 is 0 Å². The molecule has 22 heavy (non-hydrogen) atoms. The summed E-state index contributed by atoms with van der Waals surface area (Å²) in [5, 5.41) is 2.06. The highest BCUT2D eigenvalue weighted by molar-refractivity contribution is 7.98. The van der Waals surface area contributed by atoms with Crippen LogP contribution >= 0.6 is 23.1 Å². The molecule has 0 spiro atoms. The zero-order valence-electron chi connectivity index (χ0n) is 12.7. The summed E-state index contributed by atoms with van der Waals surface area (Å²) in [6, 6.07) is 7.94. The first-order chi connectivity index (χ1) is 10.7. The van der Waals surface area contributed by atoms with Crippen LogP contribution in [0.5, 0.6) is 0 Å². The number of amides is 1. The van der Waals surface area contributed by atoms with Gasteiger partial charge >= 0.3 is 0 Å². The maximum absolute atomic E-state index is 12.8. The van der Waals surface area contributed by atoms with Crippen molar-refractivity contribution >= 4 is 29.0 Å². The molecule has 3 rings (SSSR count). The number of benzene rings is 1. The van der Waals surface area contributed by atoms with Gasteiger partial charge in [0.15, 0.2) is 0 Å². The van der Waals surface area contributed by atoms with E-state index in [1.165, 1.54) is 0 Å². The average molecular weight is 332 g/mol. The van der Waals surface area contributed by atoms with E-state index in [-0.39, 0.29) is 5.91 Å². The molecule has 0 atom stereocenters. The maximum atomic E-state index is 12.8. The molecule has 116 valence electrons. The van der Waals surface area contributed by atoms with Gasteiger partial charge in [0.05, 0.1) is 16.8 Å². The number of piperidine rings is 1. The van der Waals surface area contributed by atoms with Gasteiger partial charge in [0.2, 0.25) is 0 Å². The summed E-state index contributed by atoms with van der Waals surface area (Å²) in [5.41, 5.74) is 3.75. The van der Waals surface area contributed by atoms with Crippen molar-refractivity contribution in [1.82, 2.24) is 9.88 Å². The highest BCUT2D eigenvalue weighted by Gasteiger charge is 2.23. The quantitative estimate of drug-likeness (QED) is 0.782. The molecule has 3 nitrogen and oxygen atoms in total. The molecule has 0 aliphatic carbocycles. The lowest BCUT2D eigenvalue weighted by Crippen LogP contribution is -2.38. The van der Waals surface area contributed by atoms with Gasteiger partial charge in [-0.25, -0.2) is 4.98 Å². The first kappa shape index (κ1) is 15.6. The predicted molar refractivity (Wildman–Crippen MR) is 92.4 cm³/mol. The Morgan fingerprint density at radius 3 is 2.86 bits per heavy atom. The molecule has 1 aromatic carbocycles. The van der Waals surface area contributed by atoms with Gasteiger partial charge in [-0.1, -0.05) is 19.1 Å². The Bertz CT molecular complexity index is 619. The molecule has 1 fully saturated rings. The minimum absolute atomic E-state index is 0.174. The van der Waals surface area contributed by atoms with Gasteiger partial charge in [-0.3, -0.25) is 4.79 Å².